The highest BCUT2D eigenvalue weighted by molar-refractivity contribution is 8.04. The number of ether oxygens (including phenoxy) is 1. The zero-order valence-electron chi connectivity index (χ0n) is 20.6. The molecule has 0 saturated heterocycles. The Morgan fingerprint density at radius 1 is 1.14 bits per heavy atom. The van der Waals surface area contributed by atoms with Crippen molar-refractivity contribution in [2.75, 3.05) is 55.7 Å². The lowest BCUT2D eigenvalue weighted by molar-refractivity contribution is -0.111. The van der Waals surface area contributed by atoms with Gasteiger partial charge in [0, 0.05) is 39.9 Å². The van der Waals surface area contributed by atoms with Gasteiger partial charge in [0.2, 0.25) is 11.9 Å². The summed E-state index contributed by atoms with van der Waals surface area (Å²) in [5.74, 6) is 0.801. The smallest absolute Gasteiger partial charge is 0.247 e. The number of hydrogen-bond acceptors (Lipinski definition) is 8. The summed E-state index contributed by atoms with van der Waals surface area (Å²) < 4.78 is 5.66. The van der Waals surface area contributed by atoms with Gasteiger partial charge in [-0.05, 0) is 41.3 Å². The molecule has 2 N–H and O–H groups in total. The van der Waals surface area contributed by atoms with Gasteiger partial charge in [0.05, 0.1) is 41.2 Å². The minimum Gasteiger partial charge on any atom is -0.494 e. The van der Waals surface area contributed by atoms with Crippen LogP contribution in [0.2, 0.25) is 0 Å². The summed E-state index contributed by atoms with van der Waals surface area (Å²) in [6.07, 6.45) is 3.28. The van der Waals surface area contributed by atoms with E-state index in [9.17, 15) is 4.79 Å². The largest absolute Gasteiger partial charge is 0.494 e. The molecule has 2 unspecified atom stereocenters. The van der Waals surface area contributed by atoms with Crippen LogP contribution in [-0.2, 0) is 4.79 Å². The number of benzene rings is 2. The maximum absolute atomic E-state index is 12.1. The average Bonchev–Trinajstić information content (AvgIpc) is 3.32. The van der Waals surface area contributed by atoms with Gasteiger partial charge in [-0.2, -0.15) is 0 Å². The summed E-state index contributed by atoms with van der Waals surface area (Å²) in [5, 5.41) is 8.40. The van der Waals surface area contributed by atoms with Crippen LogP contribution in [-0.4, -0.2) is 58.1 Å². The van der Waals surface area contributed by atoms with Gasteiger partial charge in [0.15, 0.2) is 0 Å². The van der Waals surface area contributed by atoms with E-state index in [2.05, 4.69) is 51.8 Å². The number of carbonyl (C=O) groups excluding carboxylic acids is 1. The molecule has 35 heavy (non-hydrogen) atoms. The zero-order chi connectivity index (χ0) is 25.1. The van der Waals surface area contributed by atoms with Crippen molar-refractivity contribution in [2.45, 2.75) is 11.3 Å². The van der Waals surface area contributed by atoms with Gasteiger partial charge in [-0.1, -0.05) is 18.7 Å². The molecule has 0 saturated carbocycles. The Labute approximate surface area is 210 Å². The van der Waals surface area contributed by atoms with E-state index in [-0.39, 0.29) is 17.2 Å². The van der Waals surface area contributed by atoms with Gasteiger partial charge in [0.1, 0.15) is 5.75 Å². The van der Waals surface area contributed by atoms with Crippen LogP contribution in [0.15, 0.2) is 70.5 Å². The van der Waals surface area contributed by atoms with E-state index >= 15 is 0 Å². The van der Waals surface area contributed by atoms with Gasteiger partial charge in [-0.3, -0.25) is 4.79 Å². The summed E-state index contributed by atoms with van der Waals surface area (Å²) in [7, 11) is 9.47. The van der Waals surface area contributed by atoms with Gasteiger partial charge in [0.25, 0.3) is 0 Å². The van der Waals surface area contributed by atoms with Crippen LogP contribution in [0.4, 0.5) is 22.7 Å². The number of nitrogens with zero attached hydrogens (tertiary/aromatic N) is 4. The molecule has 0 aromatic heterocycles. The molecule has 2 aromatic carbocycles. The first-order valence-electron chi connectivity index (χ1n) is 11.2. The number of allylic oxidation sites excluding steroid dienone is 1. The molecular formula is C26H30N6O2S. The Balaban J connectivity index is 1.73. The fourth-order valence-corrected chi connectivity index (χ4v) is 4.98. The molecule has 2 atom stereocenters. The third-order valence-electron chi connectivity index (χ3n) is 5.76. The Kier molecular flexibility index (Phi) is 7.16. The number of thioether (sulfide) groups is 1. The van der Waals surface area contributed by atoms with Crippen molar-refractivity contribution >= 4 is 52.1 Å². The first-order valence-corrected chi connectivity index (χ1v) is 12.1. The number of fused-ring (bicyclic) bond motifs is 1. The normalized spacial score (nSPS) is 18.2. The van der Waals surface area contributed by atoms with Crippen LogP contribution in [0, 0.1) is 0 Å². The van der Waals surface area contributed by atoms with Crippen molar-refractivity contribution in [3.05, 3.63) is 66.1 Å². The second kappa shape index (κ2) is 10.3. The molecule has 2 aromatic rings. The van der Waals surface area contributed by atoms with Crippen molar-refractivity contribution in [1.29, 1.82) is 0 Å². The molecule has 2 aliphatic rings. The molecule has 0 radical (unpaired) electrons. The highest BCUT2D eigenvalue weighted by atomic mass is 32.2. The Morgan fingerprint density at radius 3 is 2.63 bits per heavy atom. The summed E-state index contributed by atoms with van der Waals surface area (Å²) in [4.78, 5) is 25.8. The van der Waals surface area contributed by atoms with Crippen molar-refractivity contribution in [3.8, 4) is 5.75 Å². The molecule has 2 heterocycles. The van der Waals surface area contributed by atoms with Crippen LogP contribution < -0.4 is 25.2 Å². The quantitative estimate of drug-likeness (QED) is 0.555. The van der Waals surface area contributed by atoms with E-state index in [0.717, 1.165) is 22.6 Å². The Hall–Kier alpha value is -3.72. The van der Waals surface area contributed by atoms with E-state index in [0.29, 0.717) is 23.1 Å². The predicted molar refractivity (Wildman–Crippen MR) is 149 cm³/mol. The van der Waals surface area contributed by atoms with Gasteiger partial charge < -0.3 is 25.2 Å². The van der Waals surface area contributed by atoms with Crippen LogP contribution >= 0.6 is 11.8 Å². The standard InChI is InChI=1S/C26H30N6O2S/c1-7-23(33)27-19-14-20(22(34-6)15-21(19)32(4)5)29-26-28-18-11-12-35-25(18)24(30-26)16-9-8-10-17(13-16)31(2)3/h7-15,24-25H,1H2,2-6H3,(H,27,33)(H,29,30). The molecule has 9 heteroatoms. The number of methoxy groups -OCH3 is 1. The highest BCUT2D eigenvalue weighted by Gasteiger charge is 2.33. The monoisotopic (exact) mass is 490 g/mol. The first-order chi connectivity index (χ1) is 16.8. The summed E-state index contributed by atoms with van der Waals surface area (Å²) in [6, 6.07) is 12.0. The number of nitrogens with one attached hydrogen (secondary N) is 2. The lowest BCUT2D eigenvalue weighted by Gasteiger charge is -2.27. The first kappa shape index (κ1) is 24.4. The van der Waals surface area contributed by atoms with Crippen molar-refractivity contribution in [1.82, 2.24) is 0 Å². The molecule has 8 nitrogen and oxygen atoms in total. The van der Waals surface area contributed by atoms with E-state index < -0.39 is 0 Å². The van der Waals surface area contributed by atoms with Crippen LogP contribution in [0.25, 0.3) is 0 Å². The average molecular weight is 491 g/mol. The maximum atomic E-state index is 12.1. The molecule has 2 aliphatic heterocycles. The number of hydrogen-bond donors (Lipinski definition) is 2. The molecular weight excluding hydrogens is 460 g/mol. The molecule has 0 aliphatic carbocycles. The molecule has 0 bridgehead atoms. The lowest BCUT2D eigenvalue weighted by atomic mass is 9.99. The summed E-state index contributed by atoms with van der Waals surface area (Å²) in [6.45, 7) is 3.55. The van der Waals surface area contributed by atoms with Crippen LogP contribution in [0.5, 0.6) is 5.75 Å². The van der Waals surface area contributed by atoms with Gasteiger partial charge in [-0.25, -0.2) is 9.98 Å². The SMILES string of the molecule is C=CC(=O)Nc1cc(NC2=NC(c3cccc(N(C)C)c3)C3SC=CC3=N2)c(OC)cc1N(C)C. The zero-order valence-corrected chi connectivity index (χ0v) is 21.4. The third kappa shape index (κ3) is 5.19. The van der Waals surface area contributed by atoms with E-state index in [4.69, 9.17) is 14.7 Å². The summed E-state index contributed by atoms with van der Waals surface area (Å²) in [5.41, 5.74) is 5.28. The number of guanidine groups is 1. The second-order valence-corrected chi connectivity index (χ2v) is 9.62. The lowest BCUT2D eigenvalue weighted by Crippen LogP contribution is -2.29. The van der Waals surface area contributed by atoms with Crippen molar-refractivity contribution < 1.29 is 9.53 Å². The van der Waals surface area contributed by atoms with Crippen LogP contribution in [0.1, 0.15) is 11.6 Å². The molecule has 0 spiro atoms. The minimum absolute atomic E-state index is 0.100. The number of anilines is 4. The number of amides is 1. The molecule has 4 rings (SSSR count). The molecule has 182 valence electrons. The Morgan fingerprint density at radius 2 is 1.94 bits per heavy atom. The van der Waals surface area contributed by atoms with Crippen molar-refractivity contribution in [2.24, 2.45) is 9.98 Å². The van der Waals surface area contributed by atoms with E-state index in [1.54, 1.807) is 18.9 Å². The van der Waals surface area contributed by atoms with E-state index in [1.807, 2.05) is 51.3 Å². The fraction of sp³-hybridized carbons (Fsp3) is 0.269. The van der Waals surface area contributed by atoms with Crippen molar-refractivity contribution in [3.63, 3.8) is 0 Å². The van der Waals surface area contributed by atoms with Gasteiger partial charge in [-0.15, -0.1) is 11.8 Å². The predicted octanol–water partition coefficient (Wildman–Crippen LogP) is 4.54. The maximum Gasteiger partial charge on any atom is 0.247 e. The second-order valence-electron chi connectivity index (χ2n) is 8.57. The summed E-state index contributed by atoms with van der Waals surface area (Å²) >= 11 is 1.73. The van der Waals surface area contributed by atoms with Gasteiger partial charge >= 0.3 is 0 Å². The fourth-order valence-electron chi connectivity index (χ4n) is 3.95. The highest BCUT2D eigenvalue weighted by Crippen LogP contribution is 2.40. The molecule has 1 amide bonds. The number of aliphatic imine (C=N–C) groups is 2. The number of rotatable bonds is 7. The number of carbonyl (C=O) groups is 1. The third-order valence-corrected chi connectivity index (χ3v) is 6.84. The van der Waals surface area contributed by atoms with Crippen LogP contribution in [0.3, 0.4) is 0 Å². The topological polar surface area (TPSA) is 81.6 Å². The minimum atomic E-state index is -0.295. The van der Waals surface area contributed by atoms with E-state index in [1.165, 1.54) is 6.08 Å². The molecule has 0 fully saturated rings. The Bertz CT molecular complexity index is 1230.